The summed E-state index contributed by atoms with van der Waals surface area (Å²) < 4.78 is 28.8. The Hall–Kier alpha value is -3.02. The number of aliphatic hydroxyl groups is 1. The van der Waals surface area contributed by atoms with Gasteiger partial charge in [-0.05, 0) is 40.2 Å². The van der Waals surface area contributed by atoms with Crippen LogP contribution in [-0.2, 0) is 4.74 Å². The third-order valence-corrected chi connectivity index (χ3v) is 6.10. The number of aliphatic hydroxyl groups excluding tert-OH is 1. The number of nitrogen functional groups attached to an aromatic ring is 1. The van der Waals surface area contributed by atoms with Gasteiger partial charge in [0.2, 0.25) is 0 Å². The zero-order valence-corrected chi connectivity index (χ0v) is 18.5. The number of pyridine rings is 1. The first kappa shape index (κ1) is 20.9. The molecule has 0 radical (unpaired) electrons. The van der Waals surface area contributed by atoms with Crippen LogP contribution in [0.15, 0.2) is 47.3 Å². The molecule has 166 valence electrons. The molecule has 1 fully saturated rings. The Bertz CT molecular complexity index is 1300. The van der Waals surface area contributed by atoms with Gasteiger partial charge in [-0.25, -0.2) is 19.3 Å². The van der Waals surface area contributed by atoms with E-state index in [1.54, 1.807) is 25.4 Å². The van der Waals surface area contributed by atoms with Crippen molar-refractivity contribution in [2.45, 2.75) is 24.6 Å². The summed E-state index contributed by atoms with van der Waals surface area (Å²) in [7, 11) is 1.80. The van der Waals surface area contributed by atoms with Gasteiger partial charge in [0.1, 0.15) is 48.2 Å². The number of hydrogen-bond donors (Lipinski definition) is 3. The minimum atomic E-state index is -1.68. The first-order valence-electron chi connectivity index (χ1n) is 9.91. The summed E-state index contributed by atoms with van der Waals surface area (Å²) in [6.45, 7) is -0.0349. The number of anilines is 2. The lowest BCUT2D eigenvalue weighted by Crippen LogP contribution is -2.32. The molecular formula is C21H20BrFN6O3. The number of halogens is 2. The molecule has 1 saturated heterocycles. The monoisotopic (exact) mass is 502 g/mol. The molecule has 0 bridgehead atoms. The van der Waals surface area contributed by atoms with Gasteiger partial charge in [-0.15, -0.1) is 0 Å². The molecular weight excluding hydrogens is 483 g/mol. The Morgan fingerprint density at radius 2 is 2.12 bits per heavy atom. The lowest BCUT2D eigenvalue weighted by atomic mass is 10.1. The molecule has 4 heterocycles. The molecule has 0 spiro atoms. The van der Waals surface area contributed by atoms with Crippen molar-refractivity contribution in [3.8, 4) is 5.75 Å². The molecule has 0 aliphatic carbocycles. The smallest absolute Gasteiger partial charge is 0.173 e. The number of rotatable bonds is 5. The average Bonchev–Trinajstić information content (AvgIpc) is 3.28. The number of alkyl halides is 1. The maximum absolute atomic E-state index is 15.0. The van der Waals surface area contributed by atoms with Gasteiger partial charge in [-0.3, -0.25) is 0 Å². The van der Waals surface area contributed by atoms with E-state index in [9.17, 15) is 5.11 Å². The highest BCUT2D eigenvalue weighted by Gasteiger charge is 2.46. The highest BCUT2D eigenvalue weighted by molar-refractivity contribution is 9.10. The normalized spacial score (nSPS) is 23.1. The lowest BCUT2D eigenvalue weighted by Gasteiger charge is -2.16. The number of nitrogens with one attached hydrogen (secondary N) is 1. The molecule has 0 saturated carbocycles. The van der Waals surface area contributed by atoms with Crippen molar-refractivity contribution >= 4 is 49.5 Å². The third-order valence-electron chi connectivity index (χ3n) is 5.49. The van der Waals surface area contributed by atoms with Crippen molar-refractivity contribution in [2.24, 2.45) is 0 Å². The highest BCUT2D eigenvalue weighted by atomic mass is 79.9. The van der Waals surface area contributed by atoms with E-state index in [2.05, 4.69) is 36.2 Å². The average molecular weight is 503 g/mol. The first-order valence-corrected chi connectivity index (χ1v) is 10.7. The standard InChI is InChI=1S/C21H20BrFN6O3/c1-25-15-5-3-10-2-4-11(6-13(10)28-15)31-8-14-18(30)17(23)21(32-14)29-7-12(22)16-19(24)26-9-27-20(16)29/h2-7,9,14,17-18,21,30H,8H2,1H3,(H,25,28)(H2,24,26,27)/t14-,17+,18-,21-/m1/s1. The molecule has 0 unspecified atom stereocenters. The predicted molar refractivity (Wildman–Crippen MR) is 121 cm³/mol. The second-order valence-electron chi connectivity index (χ2n) is 7.45. The van der Waals surface area contributed by atoms with E-state index in [-0.39, 0.29) is 12.4 Å². The summed E-state index contributed by atoms with van der Waals surface area (Å²) in [6.07, 6.45) is -2.09. The molecule has 9 nitrogen and oxygen atoms in total. The van der Waals surface area contributed by atoms with E-state index >= 15 is 4.39 Å². The van der Waals surface area contributed by atoms with Crippen molar-refractivity contribution in [3.05, 3.63) is 47.3 Å². The molecule has 1 aromatic carbocycles. The Balaban J connectivity index is 1.35. The van der Waals surface area contributed by atoms with Gasteiger partial charge in [0.25, 0.3) is 0 Å². The SMILES string of the molecule is CNc1ccc2ccc(OC[C@H]3O[C@@H](n4cc(Br)c5c(N)ncnc54)[C@@H](F)[C@@H]3O)cc2n1. The van der Waals surface area contributed by atoms with Crippen molar-refractivity contribution in [1.29, 1.82) is 0 Å². The molecule has 32 heavy (non-hydrogen) atoms. The summed E-state index contributed by atoms with van der Waals surface area (Å²) in [6, 6.07) is 9.31. The highest BCUT2D eigenvalue weighted by Crippen LogP contribution is 2.38. The Kier molecular flexibility index (Phi) is 5.31. The Labute approximate surface area is 190 Å². The lowest BCUT2D eigenvalue weighted by molar-refractivity contribution is -0.0411. The molecule has 11 heteroatoms. The fourth-order valence-electron chi connectivity index (χ4n) is 3.83. The fraction of sp³-hybridized carbons (Fsp3) is 0.286. The summed E-state index contributed by atoms with van der Waals surface area (Å²) in [5, 5.41) is 15.0. The van der Waals surface area contributed by atoms with E-state index in [1.807, 2.05) is 18.2 Å². The summed E-state index contributed by atoms with van der Waals surface area (Å²) in [4.78, 5) is 12.7. The van der Waals surface area contributed by atoms with Gasteiger partial charge in [-0.2, -0.15) is 0 Å². The Morgan fingerprint density at radius 3 is 2.94 bits per heavy atom. The number of aromatic nitrogens is 4. The zero-order chi connectivity index (χ0) is 22.4. The quantitative estimate of drug-likeness (QED) is 0.380. The van der Waals surface area contributed by atoms with Crippen molar-refractivity contribution < 1.29 is 19.0 Å². The van der Waals surface area contributed by atoms with Gasteiger partial charge in [-0.1, -0.05) is 0 Å². The van der Waals surface area contributed by atoms with E-state index < -0.39 is 24.6 Å². The van der Waals surface area contributed by atoms with Crippen LogP contribution >= 0.6 is 15.9 Å². The largest absolute Gasteiger partial charge is 0.491 e. The van der Waals surface area contributed by atoms with Crippen LogP contribution in [0.1, 0.15) is 6.23 Å². The van der Waals surface area contributed by atoms with E-state index in [0.29, 0.717) is 21.3 Å². The number of hydrogen-bond acceptors (Lipinski definition) is 8. The molecule has 4 aromatic rings. The van der Waals surface area contributed by atoms with Crippen molar-refractivity contribution in [3.63, 3.8) is 0 Å². The number of ether oxygens (including phenoxy) is 2. The third kappa shape index (κ3) is 3.51. The fourth-order valence-corrected chi connectivity index (χ4v) is 4.43. The second kappa shape index (κ2) is 8.15. The van der Waals surface area contributed by atoms with Crippen LogP contribution in [0.2, 0.25) is 0 Å². The Morgan fingerprint density at radius 1 is 1.31 bits per heavy atom. The number of benzene rings is 1. The van der Waals surface area contributed by atoms with Crippen molar-refractivity contribution in [2.75, 3.05) is 24.7 Å². The zero-order valence-electron chi connectivity index (χ0n) is 16.9. The minimum Gasteiger partial charge on any atom is -0.491 e. The molecule has 5 rings (SSSR count). The van der Waals surface area contributed by atoms with Crippen LogP contribution < -0.4 is 15.8 Å². The van der Waals surface area contributed by atoms with Gasteiger partial charge >= 0.3 is 0 Å². The summed E-state index contributed by atoms with van der Waals surface area (Å²) in [5.41, 5.74) is 7.08. The molecule has 1 aliphatic rings. The van der Waals surface area contributed by atoms with Gasteiger partial charge in [0, 0.05) is 29.2 Å². The van der Waals surface area contributed by atoms with Gasteiger partial charge in [0.05, 0.1) is 10.9 Å². The van der Waals surface area contributed by atoms with E-state index in [4.69, 9.17) is 15.2 Å². The molecule has 3 aromatic heterocycles. The maximum Gasteiger partial charge on any atom is 0.173 e. The van der Waals surface area contributed by atoms with E-state index in [0.717, 1.165) is 16.7 Å². The van der Waals surface area contributed by atoms with E-state index in [1.165, 1.54) is 10.9 Å². The second-order valence-corrected chi connectivity index (χ2v) is 8.31. The maximum atomic E-state index is 15.0. The van der Waals surface area contributed by atoms with Gasteiger partial charge < -0.3 is 30.2 Å². The van der Waals surface area contributed by atoms with Crippen LogP contribution in [0.4, 0.5) is 16.0 Å². The molecule has 4 atom stereocenters. The first-order chi connectivity index (χ1) is 15.5. The van der Waals surface area contributed by atoms with Crippen LogP contribution in [0.25, 0.3) is 21.9 Å². The van der Waals surface area contributed by atoms with Crippen molar-refractivity contribution in [1.82, 2.24) is 19.5 Å². The molecule has 4 N–H and O–H groups in total. The summed E-state index contributed by atoms with van der Waals surface area (Å²) >= 11 is 3.40. The van der Waals surface area contributed by atoms with Crippen LogP contribution in [0.3, 0.4) is 0 Å². The number of nitrogens with two attached hydrogens (primary N) is 1. The summed E-state index contributed by atoms with van der Waals surface area (Å²) in [5.74, 6) is 1.55. The molecule has 1 aliphatic heterocycles. The van der Waals surface area contributed by atoms with Gasteiger partial charge in [0.15, 0.2) is 12.4 Å². The topological polar surface area (TPSA) is 120 Å². The number of nitrogens with zero attached hydrogens (tertiary/aromatic N) is 4. The molecule has 0 amide bonds. The van der Waals surface area contributed by atoms with Crippen LogP contribution in [0, 0.1) is 0 Å². The number of fused-ring (bicyclic) bond motifs is 2. The van der Waals surface area contributed by atoms with Crippen LogP contribution in [-0.4, -0.2) is 56.7 Å². The van der Waals surface area contributed by atoms with Crippen LogP contribution in [0.5, 0.6) is 5.75 Å². The minimum absolute atomic E-state index is 0.0349. The predicted octanol–water partition coefficient (Wildman–Crippen LogP) is 3.04.